The van der Waals surface area contributed by atoms with Gasteiger partial charge in [0, 0.05) is 22.7 Å². The van der Waals surface area contributed by atoms with E-state index in [1.165, 1.54) is 18.3 Å². The van der Waals surface area contributed by atoms with Gasteiger partial charge >= 0.3 is 0 Å². The van der Waals surface area contributed by atoms with Gasteiger partial charge in [-0.15, -0.1) is 0 Å². The maximum atomic E-state index is 13.4. The van der Waals surface area contributed by atoms with E-state index >= 15 is 0 Å². The fourth-order valence-electron chi connectivity index (χ4n) is 2.25. The number of halogens is 4. The van der Waals surface area contributed by atoms with Gasteiger partial charge in [-0.2, -0.15) is 4.73 Å². The molecule has 1 aliphatic rings. The van der Waals surface area contributed by atoms with Gasteiger partial charge in [-0.1, -0.05) is 11.6 Å². The highest BCUT2D eigenvalue weighted by atomic mass is 79.9. The van der Waals surface area contributed by atoms with E-state index in [9.17, 15) is 14.0 Å². The van der Waals surface area contributed by atoms with Crippen molar-refractivity contribution in [3.8, 4) is 5.75 Å². The SMILES string of the molecule is [O-][n+]1ccccc1C1=NC(CF)(CF)Oc2cc(Cl)c(Br)cc21. The van der Waals surface area contributed by atoms with Crippen LogP contribution in [0.2, 0.25) is 5.02 Å². The molecule has 0 atom stereocenters. The molecule has 2 heterocycles. The number of aromatic nitrogens is 1. The van der Waals surface area contributed by atoms with Gasteiger partial charge in [0.25, 0.3) is 5.72 Å². The van der Waals surface area contributed by atoms with Crippen molar-refractivity contribution in [2.75, 3.05) is 13.3 Å². The lowest BCUT2D eigenvalue weighted by atomic mass is 10.0. The Kier molecular flexibility index (Phi) is 4.25. The average molecular weight is 404 g/mol. The molecule has 23 heavy (non-hydrogen) atoms. The highest BCUT2D eigenvalue weighted by Crippen LogP contribution is 2.38. The van der Waals surface area contributed by atoms with E-state index in [1.54, 1.807) is 18.2 Å². The van der Waals surface area contributed by atoms with E-state index in [2.05, 4.69) is 20.9 Å². The number of benzene rings is 1. The van der Waals surface area contributed by atoms with Crippen molar-refractivity contribution in [3.63, 3.8) is 0 Å². The van der Waals surface area contributed by atoms with Crippen LogP contribution in [0.25, 0.3) is 0 Å². The maximum Gasteiger partial charge on any atom is 0.257 e. The molecule has 1 aliphatic heterocycles. The van der Waals surface area contributed by atoms with Crippen LogP contribution >= 0.6 is 27.5 Å². The van der Waals surface area contributed by atoms with Crippen LogP contribution in [0.5, 0.6) is 5.75 Å². The molecule has 3 rings (SSSR count). The Morgan fingerprint density at radius 1 is 1.30 bits per heavy atom. The normalized spacial score (nSPS) is 15.6. The summed E-state index contributed by atoms with van der Waals surface area (Å²) in [5.74, 6) is 0.169. The van der Waals surface area contributed by atoms with E-state index in [1.807, 2.05) is 0 Å². The van der Waals surface area contributed by atoms with Gasteiger partial charge < -0.3 is 9.94 Å². The Labute approximate surface area is 144 Å². The second-order valence-corrected chi connectivity index (χ2v) is 6.21. The van der Waals surface area contributed by atoms with Gasteiger partial charge in [0.05, 0.1) is 10.6 Å². The Balaban J connectivity index is 2.28. The first-order valence-electron chi connectivity index (χ1n) is 6.58. The summed E-state index contributed by atoms with van der Waals surface area (Å²) >= 11 is 9.31. The van der Waals surface area contributed by atoms with Crippen LogP contribution in [0.1, 0.15) is 11.3 Å². The Hall–Kier alpha value is -1.73. The van der Waals surface area contributed by atoms with Crippen molar-refractivity contribution in [1.82, 2.24) is 0 Å². The highest BCUT2D eigenvalue weighted by molar-refractivity contribution is 9.10. The molecule has 2 aromatic rings. The van der Waals surface area contributed by atoms with Gasteiger partial charge in [-0.3, -0.25) is 0 Å². The monoisotopic (exact) mass is 402 g/mol. The quantitative estimate of drug-likeness (QED) is 0.581. The third-order valence-electron chi connectivity index (χ3n) is 3.38. The molecule has 0 N–H and O–H groups in total. The summed E-state index contributed by atoms with van der Waals surface area (Å²) in [6.45, 7) is -2.35. The second-order valence-electron chi connectivity index (χ2n) is 4.95. The number of ether oxygens (including phenoxy) is 1. The van der Waals surface area contributed by atoms with Crippen LogP contribution in [0.4, 0.5) is 8.78 Å². The molecule has 0 saturated carbocycles. The summed E-state index contributed by atoms with van der Waals surface area (Å²) < 4.78 is 33.3. The number of pyridine rings is 1. The van der Waals surface area contributed by atoms with Crippen molar-refractivity contribution < 1.29 is 18.2 Å². The van der Waals surface area contributed by atoms with Crippen molar-refractivity contribution in [1.29, 1.82) is 0 Å². The molecule has 120 valence electrons. The minimum Gasteiger partial charge on any atom is -0.618 e. The first-order valence-corrected chi connectivity index (χ1v) is 7.75. The third kappa shape index (κ3) is 2.79. The zero-order chi connectivity index (χ0) is 16.6. The van der Waals surface area contributed by atoms with Crippen LogP contribution < -0.4 is 9.47 Å². The number of rotatable bonds is 3. The zero-order valence-corrected chi connectivity index (χ0v) is 13.9. The third-order valence-corrected chi connectivity index (χ3v) is 4.57. The summed E-state index contributed by atoms with van der Waals surface area (Å²) in [6, 6.07) is 7.74. The molecule has 0 amide bonds. The molecule has 1 aromatic heterocycles. The number of hydrogen-bond donors (Lipinski definition) is 0. The van der Waals surface area contributed by atoms with E-state index in [-0.39, 0.29) is 17.2 Å². The van der Waals surface area contributed by atoms with Crippen LogP contribution in [-0.2, 0) is 0 Å². The summed E-state index contributed by atoms with van der Waals surface area (Å²) in [4.78, 5) is 4.05. The molecule has 8 heteroatoms. The van der Waals surface area contributed by atoms with Crippen molar-refractivity contribution in [3.05, 3.63) is 62.5 Å². The average Bonchev–Trinajstić information content (AvgIpc) is 2.56. The largest absolute Gasteiger partial charge is 0.618 e. The van der Waals surface area contributed by atoms with Crippen LogP contribution in [0.3, 0.4) is 0 Å². The lowest BCUT2D eigenvalue weighted by Gasteiger charge is -2.31. The standard InChI is InChI=1S/C15H10BrClF2N2O2/c16-10-5-9-13(6-11(10)17)23-15(7-18,8-19)20-14(9)12-3-1-2-4-21(12)22/h1-6H,7-8H2. The number of alkyl halides is 2. The molecular weight excluding hydrogens is 394 g/mol. The minimum absolute atomic E-state index is 0.148. The Morgan fingerprint density at radius 2 is 2.04 bits per heavy atom. The van der Waals surface area contributed by atoms with Crippen LogP contribution in [0.15, 0.2) is 46.0 Å². The number of aliphatic imine (C=N–C) groups is 1. The lowest BCUT2D eigenvalue weighted by Crippen LogP contribution is -2.45. The van der Waals surface area contributed by atoms with Crippen LogP contribution in [0, 0.1) is 5.21 Å². The lowest BCUT2D eigenvalue weighted by molar-refractivity contribution is -0.606. The van der Waals surface area contributed by atoms with Gasteiger partial charge in [0.1, 0.15) is 11.5 Å². The molecule has 0 spiro atoms. The summed E-state index contributed by atoms with van der Waals surface area (Å²) in [5, 5.41) is 12.4. The number of hydrogen-bond acceptors (Lipinski definition) is 3. The summed E-state index contributed by atoms with van der Waals surface area (Å²) in [7, 11) is 0. The van der Waals surface area contributed by atoms with Gasteiger partial charge in [0.2, 0.25) is 5.69 Å². The first-order chi connectivity index (χ1) is 11.0. The minimum atomic E-state index is -2.01. The van der Waals surface area contributed by atoms with Crippen molar-refractivity contribution in [2.45, 2.75) is 5.72 Å². The molecule has 1 aromatic carbocycles. The van der Waals surface area contributed by atoms with Gasteiger partial charge in [-0.05, 0) is 28.1 Å². The molecular formula is C15H10BrClF2N2O2. The van der Waals surface area contributed by atoms with Crippen molar-refractivity contribution >= 4 is 33.2 Å². The van der Waals surface area contributed by atoms with Gasteiger partial charge in [0.15, 0.2) is 19.5 Å². The Bertz CT molecular complexity index is 797. The molecule has 0 saturated heterocycles. The van der Waals surface area contributed by atoms with E-state index in [4.69, 9.17) is 16.3 Å². The zero-order valence-electron chi connectivity index (χ0n) is 11.6. The van der Waals surface area contributed by atoms with E-state index < -0.39 is 19.1 Å². The Morgan fingerprint density at radius 3 is 2.70 bits per heavy atom. The first kappa shape index (κ1) is 16.1. The summed E-state index contributed by atoms with van der Waals surface area (Å²) in [6.07, 6.45) is 1.28. The highest BCUT2D eigenvalue weighted by Gasteiger charge is 2.40. The van der Waals surface area contributed by atoms with E-state index in [0.717, 1.165) is 0 Å². The molecule has 0 bridgehead atoms. The topological polar surface area (TPSA) is 48.5 Å². The fraction of sp³-hybridized carbons (Fsp3) is 0.200. The fourth-order valence-corrected chi connectivity index (χ4v) is 2.74. The van der Waals surface area contributed by atoms with Gasteiger partial charge in [-0.25, -0.2) is 13.8 Å². The predicted octanol–water partition coefficient (Wildman–Crippen LogP) is 3.60. The van der Waals surface area contributed by atoms with Crippen LogP contribution in [-0.4, -0.2) is 24.8 Å². The number of fused-ring (bicyclic) bond motifs is 1. The van der Waals surface area contributed by atoms with Crippen molar-refractivity contribution in [2.24, 2.45) is 4.99 Å². The second kappa shape index (κ2) is 6.05. The maximum absolute atomic E-state index is 13.4. The molecule has 0 aliphatic carbocycles. The number of nitrogens with zero attached hydrogens (tertiary/aromatic N) is 2. The summed E-state index contributed by atoms with van der Waals surface area (Å²) in [5.41, 5.74) is -1.27. The molecule has 4 nitrogen and oxygen atoms in total. The smallest absolute Gasteiger partial charge is 0.257 e. The van der Waals surface area contributed by atoms with E-state index in [0.29, 0.717) is 19.8 Å². The predicted molar refractivity (Wildman–Crippen MR) is 85.5 cm³/mol. The molecule has 0 radical (unpaired) electrons. The molecule has 0 unspecified atom stereocenters. The molecule has 0 fully saturated rings.